The molecule has 0 radical (unpaired) electrons. The molecule has 0 atom stereocenters. The van der Waals surface area contributed by atoms with Crippen LogP contribution in [0.15, 0.2) is 24.3 Å². The van der Waals surface area contributed by atoms with Gasteiger partial charge in [0.25, 0.3) is 0 Å². The van der Waals surface area contributed by atoms with Crippen LogP contribution in [0.2, 0.25) is 0 Å². The minimum atomic E-state index is -0.449. The Morgan fingerprint density at radius 3 is 2.57 bits per heavy atom. The molecule has 0 saturated carbocycles. The van der Waals surface area contributed by atoms with Crippen molar-refractivity contribution in [3.8, 4) is 5.69 Å². The fraction of sp³-hybridized carbons (Fsp3) is 0.400. The van der Waals surface area contributed by atoms with Gasteiger partial charge in [-0.3, -0.25) is 10.1 Å². The smallest absolute Gasteiger partial charge is 0.334 e. The van der Waals surface area contributed by atoms with E-state index < -0.39 is 4.92 Å². The van der Waals surface area contributed by atoms with Crippen LogP contribution in [-0.2, 0) is 6.42 Å². The summed E-state index contributed by atoms with van der Waals surface area (Å²) < 4.78 is 1.45. The van der Waals surface area contributed by atoms with Gasteiger partial charge < -0.3 is 5.73 Å². The van der Waals surface area contributed by atoms with Crippen molar-refractivity contribution in [2.24, 2.45) is 5.41 Å². The maximum atomic E-state index is 11.3. The lowest BCUT2D eigenvalue weighted by Gasteiger charge is -2.15. The zero-order valence-corrected chi connectivity index (χ0v) is 12.8. The maximum Gasteiger partial charge on any atom is 0.334 e. The lowest BCUT2D eigenvalue weighted by atomic mass is 9.90. The molecule has 0 amide bonds. The lowest BCUT2D eigenvalue weighted by molar-refractivity contribution is -0.384. The fourth-order valence-electron chi connectivity index (χ4n) is 2.25. The number of nitrogens with two attached hydrogens (primary N) is 1. The van der Waals surface area contributed by atoms with Crippen molar-refractivity contribution >= 4 is 11.5 Å². The van der Waals surface area contributed by atoms with E-state index in [9.17, 15) is 10.1 Å². The van der Waals surface area contributed by atoms with Gasteiger partial charge in [0.05, 0.1) is 10.6 Å². The highest BCUT2D eigenvalue weighted by atomic mass is 16.6. The Morgan fingerprint density at radius 1 is 1.38 bits per heavy atom. The summed E-state index contributed by atoms with van der Waals surface area (Å²) >= 11 is 0. The van der Waals surface area contributed by atoms with E-state index in [1.54, 1.807) is 0 Å². The molecule has 2 aromatic rings. The highest BCUT2D eigenvalue weighted by Crippen LogP contribution is 2.33. The van der Waals surface area contributed by atoms with E-state index in [1.165, 1.54) is 4.68 Å². The first-order valence-corrected chi connectivity index (χ1v) is 6.78. The minimum Gasteiger partial charge on any atom is -0.378 e. The first-order valence-electron chi connectivity index (χ1n) is 6.78. The molecular formula is C15H20N4O2. The third kappa shape index (κ3) is 3.21. The molecule has 2 rings (SSSR count). The first kappa shape index (κ1) is 15.0. The monoisotopic (exact) mass is 288 g/mol. The Morgan fingerprint density at radius 2 is 2.05 bits per heavy atom. The Hall–Kier alpha value is -2.37. The van der Waals surface area contributed by atoms with E-state index in [4.69, 9.17) is 5.73 Å². The summed E-state index contributed by atoms with van der Waals surface area (Å²) in [5.74, 6) is 0.0739. The number of anilines is 1. The number of hydrogen-bond acceptors (Lipinski definition) is 4. The molecule has 0 bridgehead atoms. The van der Waals surface area contributed by atoms with Crippen LogP contribution >= 0.6 is 0 Å². The van der Waals surface area contributed by atoms with Gasteiger partial charge in [-0.05, 0) is 30.0 Å². The zero-order chi connectivity index (χ0) is 15.8. The van der Waals surface area contributed by atoms with Crippen molar-refractivity contribution in [3.05, 3.63) is 45.6 Å². The third-order valence-electron chi connectivity index (χ3n) is 3.09. The fourth-order valence-corrected chi connectivity index (χ4v) is 2.25. The van der Waals surface area contributed by atoms with E-state index in [0.717, 1.165) is 11.3 Å². The maximum absolute atomic E-state index is 11.3. The van der Waals surface area contributed by atoms with Crippen molar-refractivity contribution in [1.82, 2.24) is 9.78 Å². The molecule has 1 heterocycles. The highest BCUT2D eigenvalue weighted by molar-refractivity contribution is 5.60. The van der Waals surface area contributed by atoms with Gasteiger partial charge in [-0.15, -0.1) is 0 Å². The molecule has 1 aromatic carbocycles. The van der Waals surface area contributed by atoms with Crippen LogP contribution in [0.25, 0.3) is 5.69 Å². The molecule has 6 heteroatoms. The summed E-state index contributed by atoms with van der Waals surface area (Å²) in [7, 11) is 0. The van der Waals surface area contributed by atoms with Crippen molar-refractivity contribution < 1.29 is 4.92 Å². The van der Waals surface area contributed by atoms with Crippen molar-refractivity contribution in [2.75, 3.05) is 5.73 Å². The predicted molar refractivity (Wildman–Crippen MR) is 82.5 cm³/mol. The second-order valence-electron chi connectivity index (χ2n) is 6.43. The molecule has 0 fully saturated rings. The van der Waals surface area contributed by atoms with E-state index in [0.29, 0.717) is 12.1 Å². The van der Waals surface area contributed by atoms with Gasteiger partial charge in [0.2, 0.25) is 5.82 Å². The number of aromatic nitrogens is 2. The molecule has 0 aliphatic carbocycles. The summed E-state index contributed by atoms with van der Waals surface area (Å²) in [5, 5.41) is 15.7. The number of hydrogen-bond donors (Lipinski definition) is 1. The number of nitrogen functional groups attached to an aromatic ring is 1. The lowest BCUT2D eigenvalue weighted by Crippen LogP contribution is -2.11. The molecule has 6 nitrogen and oxygen atoms in total. The molecule has 0 saturated heterocycles. The normalized spacial score (nSPS) is 11.6. The number of benzene rings is 1. The van der Waals surface area contributed by atoms with Gasteiger partial charge in [0, 0.05) is 6.42 Å². The Bertz CT molecular complexity index is 683. The molecule has 0 aliphatic rings. The van der Waals surface area contributed by atoms with Crippen molar-refractivity contribution in [2.45, 2.75) is 34.1 Å². The predicted octanol–water partition coefficient (Wildman–Crippen LogP) is 3.26. The zero-order valence-electron chi connectivity index (χ0n) is 12.8. The number of nitro groups is 1. The third-order valence-corrected chi connectivity index (χ3v) is 3.09. The molecule has 112 valence electrons. The Labute approximate surface area is 123 Å². The Kier molecular flexibility index (Phi) is 3.72. The van der Waals surface area contributed by atoms with Gasteiger partial charge >= 0.3 is 5.69 Å². The van der Waals surface area contributed by atoms with Gasteiger partial charge in [-0.2, -0.15) is 5.10 Å². The van der Waals surface area contributed by atoms with E-state index in [-0.39, 0.29) is 16.9 Å². The van der Waals surface area contributed by atoms with Crippen LogP contribution in [0.4, 0.5) is 11.5 Å². The standard InChI is InChI=1S/C15H20N4O2/c1-10-6-5-7-11(8-10)18-14(16)13(19(20)21)12(17-18)9-15(2,3)4/h5-8H,9,16H2,1-4H3. The summed E-state index contributed by atoms with van der Waals surface area (Å²) in [6, 6.07) is 7.56. The molecule has 0 spiro atoms. The van der Waals surface area contributed by atoms with Crippen molar-refractivity contribution in [3.63, 3.8) is 0 Å². The van der Waals surface area contributed by atoms with E-state index in [2.05, 4.69) is 5.10 Å². The quantitative estimate of drug-likeness (QED) is 0.693. The van der Waals surface area contributed by atoms with E-state index in [1.807, 2.05) is 52.0 Å². The first-order chi connectivity index (χ1) is 9.69. The average Bonchev–Trinajstić information content (AvgIpc) is 2.63. The van der Waals surface area contributed by atoms with Crippen LogP contribution in [0, 0.1) is 22.5 Å². The van der Waals surface area contributed by atoms with Gasteiger partial charge in [-0.1, -0.05) is 32.9 Å². The Balaban J connectivity index is 2.59. The number of rotatable bonds is 3. The average molecular weight is 288 g/mol. The van der Waals surface area contributed by atoms with Crippen LogP contribution in [0.1, 0.15) is 32.0 Å². The summed E-state index contributed by atoms with van der Waals surface area (Å²) in [5.41, 5.74) is 7.96. The molecule has 0 aliphatic heterocycles. The van der Waals surface area contributed by atoms with Crippen LogP contribution in [0.3, 0.4) is 0 Å². The van der Waals surface area contributed by atoms with E-state index >= 15 is 0 Å². The number of aryl methyl sites for hydroxylation is 1. The largest absolute Gasteiger partial charge is 0.378 e. The second kappa shape index (κ2) is 5.20. The number of nitrogens with zero attached hydrogens (tertiary/aromatic N) is 3. The summed E-state index contributed by atoms with van der Waals surface area (Å²) in [6.45, 7) is 7.99. The molecule has 21 heavy (non-hydrogen) atoms. The minimum absolute atomic E-state index is 0.0739. The SMILES string of the molecule is Cc1cccc(-n2nc(CC(C)(C)C)c([N+](=O)[O-])c2N)c1. The second-order valence-corrected chi connectivity index (χ2v) is 6.43. The molecule has 1 aromatic heterocycles. The van der Waals surface area contributed by atoms with Crippen LogP contribution in [-0.4, -0.2) is 14.7 Å². The van der Waals surface area contributed by atoms with Gasteiger partial charge in [0.1, 0.15) is 5.69 Å². The molecular weight excluding hydrogens is 268 g/mol. The van der Waals surface area contributed by atoms with Crippen LogP contribution < -0.4 is 5.73 Å². The molecule has 2 N–H and O–H groups in total. The van der Waals surface area contributed by atoms with Crippen LogP contribution in [0.5, 0.6) is 0 Å². The molecule has 0 unspecified atom stereocenters. The summed E-state index contributed by atoms with van der Waals surface area (Å²) in [4.78, 5) is 10.9. The highest BCUT2D eigenvalue weighted by Gasteiger charge is 2.29. The topological polar surface area (TPSA) is 87.0 Å². The van der Waals surface area contributed by atoms with Gasteiger partial charge in [-0.25, -0.2) is 4.68 Å². The summed E-state index contributed by atoms with van der Waals surface area (Å²) in [6.07, 6.45) is 0.492. The van der Waals surface area contributed by atoms with Crippen molar-refractivity contribution in [1.29, 1.82) is 0 Å². The van der Waals surface area contributed by atoms with Gasteiger partial charge in [0.15, 0.2) is 0 Å².